The fourth-order valence-corrected chi connectivity index (χ4v) is 10.7. The molecule has 0 spiro atoms. The molecule has 1 aliphatic rings. The van der Waals surface area contributed by atoms with Gasteiger partial charge in [-0.25, -0.2) is 4.98 Å². The van der Waals surface area contributed by atoms with E-state index >= 15 is 0 Å². The van der Waals surface area contributed by atoms with E-state index in [2.05, 4.69) is 221 Å². The fraction of sp³-hybridized carbons (Fsp3) is 0. The van der Waals surface area contributed by atoms with E-state index in [4.69, 9.17) is 4.98 Å². The molecule has 0 radical (unpaired) electrons. The summed E-state index contributed by atoms with van der Waals surface area (Å²) >= 11 is 0. The molecule has 0 aliphatic heterocycles. The molecule has 62 heavy (non-hydrogen) atoms. The smallest absolute Gasteiger partial charge is 0.0722 e. The fourth-order valence-electron chi connectivity index (χ4n) is 10.7. The topological polar surface area (TPSA) is 22.8 Å². The maximum absolute atomic E-state index is 5.21. The largest absolute Gasteiger partial charge is 0.309 e. The molecule has 13 aromatic rings. The number of fused-ring (bicyclic) bond motifs is 12. The Hall–Kier alpha value is -8.27. The van der Waals surface area contributed by atoms with Gasteiger partial charge in [0.1, 0.15) is 0 Å². The monoisotopic (exact) mass is 785 g/mol. The van der Waals surface area contributed by atoms with Crippen molar-refractivity contribution in [2.75, 3.05) is 0 Å². The molecule has 0 atom stereocenters. The van der Waals surface area contributed by atoms with Gasteiger partial charge in [0.15, 0.2) is 0 Å². The highest BCUT2D eigenvalue weighted by Gasteiger charge is 2.23. The van der Waals surface area contributed by atoms with Gasteiger partial charge in [0, 0.05) is 43.9 Å². The van der Waals surface area contributed by atoms with Crippen molar-refractivity contribution in [2.24, 2.45) is 0 Å². The molecular formula is C59H35N3. The van der Waals surface area contributed by atoms with E-state index in [1.54, 1.807) is 0 Å². The van der Waals surface area contributed by atoms with E-state index in [1.165, 1.54) is 104 Å². The van der Waals surface area contributed by atoms with Gasteiger partial charge in [-0.15, -0.1) is 0 Å². The summed E-state index contributed by atoms with van der Waals surface area (Å²) < 4.78 is 4.85. The molecule has 0 fully saturated rings. The number of para-hydroxylation sites is 3. The van der Waals surface area contributed by atoms with Crippen LogP contribution in [0.1, 0.15) is 0 Å². The Bertz CT molecular complexity index is 4040. The van der Waals surface area contributed by atoms with Crippen LogP contribution in [0.4, 0.5) is 0 Å². The van der Waals surface area contributed by atoms with E-state index < -0.39 is 0 Å². The molecule has 0 N–H and O–H groups in total. The average molecular weight is 786 g/mol. The SMILES string of the molecule is c1ccc(-n2c3ccccc3c3c4ccccc4c(-c4ccc5c(c4)c4ccccc4n5-c4ccc5cc(-c6cc7c8c(cccc8n6)-c6ccccc6-7)ccc5c4)cc32)cc1. The second kappa shape index (κ2) is 12.6. The predicted octanol–water partition coefficient (Wildman–Crippen LogP) is 15.7. The molecule has 0 bridgehead atoms. The number of nitrogens with zero attached hydrogens (tertiary/aromatic N) is 3. The van der Waals surface area contributed by atoms with Gasteiger partial charge in [-0.3, -0.25) is 0 Å². The quantitative estimate of drug-likeness (QED) is 0.174. The van der Waals surface area contributed by atoms with Gasteiger partial charge in [-0.1, -0.05) is 140 Å². The summed E-state index contributed by atoms with van der Waals surface area (Å²) in [6.45, 7) is 0. The summed E-state index contributed by atoms with van der Waals surface area (Å²) in [5, 5.41) is 11.2. The van der Waals surface area contributed by atoms with Crippen LogP contribution in [0, 0.1) is 0 Å². The van der Waals surface area contributed by atoms with Crippen LogP contribution in [0.5, 0.6) is 0 Å². The lowest BCUT2D eigenvalue weighted by Gasteiger charge is -2.13. The number of hydrogen-bond donors (Lipinski definition) is 0. The third kappa shape index (κ3) is 4.68. The Morgan fingerprint density at radius 2 is 0.919 bits per heavy atom. The van der Waals surface area contributed by atoms with E-state index in [0.717, 1.165) is 28.1 Å². The van der Waals surface area contributed by atoms with Crippen molar-refractivity contribution in [1.82, 2.24) is 14.1 Å². The number of rotatable bonds is 4. The molecule has 0 amide bonds. The minimum absolute atomic E-state index is 0.999. The highest BCUT2D eigenvalue weighted by molar-refractivity contribution is 6.25. The normalized spacial score (nSPS) is 12.2. The minimum atomic E-state index is 0.999. The summed E-state index contributed by atoms with van der Waals surface area (Å²) in [5.41, 5.74) is 17.8. The molecule has 1 aliphatic carbocycles. The van der Waals surface area contributed by atoms with E-state index in [-0.39, 0.29) is 0 Å². The number of aromatic nitrogens is 3. The van der Waals surface area contributed by atoms with Gasteiger partial charge in [0.05, 0.1) is 33.3 Å². The molecule has 3 aromatic heterocycles. The zero-order valence-electron chi connectivity index (χ0n) is 33.5. The third-order valence-electron chi connectivity index (χ3n) is 13.4. The average Bonchev–Trinajstić information content (AvgIpc) is 3.97. The van der Waals surface area contributed by atoms with Crippen LogP contribution >= 0.6 is 0 Å². The van der Waals surface area contributed by atoms with Gasteiger partial charge in [0.25, 0.3) is 0 Å². The van der Waals surface area contributed by atoms with Crippen molar-refractivity contribution in [2.45, 2.75) is 0 Å². The molecule has 3 heterocycles. The van der Waals surface area contributed by atoms with Gasteiger partial charge in [-0.05, 0) is 128 Å². The number of benzene rings is 10. The molecule has 10 aromatic carbocycles. The van der Waals surface area contributed by atoms with E-state index in [0.29, 0.717) is 0 Å². The Labute approximate surface area is 357 Å². The summed E-state index contributed by atoms with van der Waals surface area (Å²) in [7, 11) is 0. The van der Waals surface area contributed by atoms with Crippen molar-refractivity contribution in [3.8, 4) is 56.0 Å². The summed E-state index contributed by atoms with van der Waals surface area (Å²) in [6.07, 6.45) is 0. The van der Waals surface area contributed by atoms with Crippen LogP contribution in [-0.2, 0) is 0 Å². The molecule has 3 nitrogen and oxygen atoms in total. The van der Waals surface area contributed by atoms with Gasteiger partial charge in [-0.2, -0.15) is 0 Å². The number of pyridine rings is 1. The second-order valence-electron chi connectivity index (χ2n) is 16.7. The Kier molecular flexibility index (Phi) is 6.83. The maximum atomic E-state index is 5.21. The zero-order chi connectivity index (χ0) is 40.5. The first-order valence-electron chi connectivity index (χ1n) is 21.4. The highest BCUT2D eigenvalue weighted by atomic mass is 15.0. The van der Waals surface area contributed by atoms with Crippen LogP contribution in [0.25, 0.3) is 132 Å². The predicted molar refractivity (Wildman–Crippen MR) is 261 cm³/mol. The van der Waals surface area contributed by atoms with Crippen molar-refractivity contribution in [1.29, 1.82) is 0 Å². The van der Waals surface area contributed by atoms with Crippen molar-refractivity contribution in [3.05, 3.63) is 212 Å². The van der Waals surface area contributed by atoms with Crippen LogP contribution in [0.15, 0.2) is 212 Å². The van der Waals surface area contributed by atoms with Crippen molar-refractivity contribution >= 4 is 76.1 Å². The zero-order valence-corrected chi connectivity index (χ0v) is 33.5. The molecule has 0 saturated carbocycles. The molecule has 0 unspecified atom stereocenters. The van der Waals surface area contributed by atoms with E-state index in [9.17, 15) is 0 Å². The first-order valence-corrected chi connectivity index (χ1v) is 21.4. The summed E-state index contributed by atoms with van der Waals surface area (Å²) in [5.74, 6) is 0. The van der Waals surface area contributed by atoms with E-state index in [1.807, 2.05) is 0 Å². The van der Waals surface area contributed by atoms with Crippen LogP contribution < -0.4 is 0 Å². The molecule has 14 rings (SSSR count). The lowest BCUT2D eigenvalue weighted by Crippen LogP contribution is -1.95. The Balaban J connectivity index is 0.917. The standard InChI is InChI=1S/C59H35N3/c1-2-13-40(14-3-1)61-55-24-11-9-20-48(55)59-47-19-7-6-17-44(47)49(35-57(59)61)38-28-30-56-50(33-38)45-18-8-10-23-54(45)62(56)41-29-27-36-31-39(26-25-37(36)32-41)53-34-51-43-16-5-4-15-42(43)46-21-12-22-52(60-53)58(46)51/h1-35H. The van der Waals surface area contributed by atoms with Crippen molar-refractivity contribution in [3.63, 3.8) is 0 Å². The van der Waals surface area contributed by atoms with Gasteiger partial charge < -0.3 is 9.13 Å². The van der Waals surface area contributed by atoms with Crippen LogP contribution in [0.2, 0.25) is 0 Å². The molecule has 286 valence electrons. The lowest BCUT2D eigenvalue weighted by atomic mass is 9.94. The molecule has 0 saturated heterocycles. The third-order valence-corrected chi connectivity index (χ3v) is 13.4. The minimum Gasteiger partial charge on any atom is -0.309 e. The van der Waals surface area contributed by atoms with Gasteiger partial charge >= 0.3 is 0 Å². The van der Waals surface area contributed by atoms with Crippen molar-refractivity contribution < 1.29 is 0 Å². The van der Waals surface area contributed by atoms with Crippen LogP contribution in [-0.4, -0.2) is 14.1 Å². The highest BCUT2D eigenvalue weighted by Crippen LogP contribution is 2.48. The Morgan fingerprint density at radius 1 is 0.290 bits per heavy atom. The number of hydrogen-bond acceptors (Lipinski definition) is 1. The summed E-state index contributed by atoms with van der Waals surface area (Å²) in [6, 6.07) is 77.9. The maximum Gasteiger partial charge on any atom is 0.0722 e. The molecular weight excluding hydrogens is 751 g/mol. The van der Waals surface area contributed by atoms with Gasteiger partial charge in [0.2, 0.25) is 0 Å². The molecule has 3 heteroatoms. The first kappa shape index (κ1) is 33.5. The van der Waals surface area contributed by atoms with Crippen LogP contribution in [0.3, 0.4) is 0 Å². The summed E-state index contributed by atoms with van der Waals surface area (Å²) in [4.78, 5) is 5.21. The first-order chi connectivity index (χ1) is 30.7. The second-order valence-corrected chi connectivity index (χ2v) is 16.7. The lowest BCUT2D eigenvalue weighted by molar-refractivity contribution is 1.18. The Morgan fingerprint density at radius 3 is 1.77 bits per heavy atom.